The van der Waals surface area contributed by atoms with Crippen molar-refractivity contribution in [2.75, 3.05) is 5.88 Å². The van der Waals surface area contributed by atoms with Crippen LogP contribution in [-0.2, 0) is 9.59 Å². The molecule has 5 nitrogen and oxygen atoms in total. The van der Waals surface area contributed by atoms with E-state index in [1.165, 1.54) is 0 Å². The predicted octanol–water partition coefficient (Wildman–Crippen LogP) is 2.69. The molecule has 0 aromatic rings. The third-order valence-corrected chi connectivity index (χ3v) is 3.52. The van der Waals surface area contributed by atoms with Crippen LogP contribution in [-0.4, -0.2) is 22.9 Å². The maximum Gasteiger partial charge on any atom is 0.352 e. The van der Waals surface area contributed by atoms with E-state index in [0.717, 1.165) is 19.3 Å². The van der Waals surface area contributed by atoms with Crippen LogP contribution in [0.15, 0.2) is 11.8 Å². The van der Waals surface area contributed by atoms with Gasteiger partial charge in [0.25, 0.3) is 0 Å². The van der Waals surface area contributed by atoms with Gasteiger partial charge >= 0.3 is 5.97 Å². The van der Waals surface area contributed by atoms with Gasteiger partial charge < -0.3 is 16.6 Å². The Hall–Kier alpha value is -1.07. The molecule has 0 aromatic carbocycles. The minimum atomic E-state index is -1.09. The molecule has 1 fully saturated rings. The number of carboxylic acid groups (broad SMARTS) is 1. The van der Waals surface area contributed by atoms with Crippen molar-refractivity contribution in [2.24, 2.45) is 11.3 Å². The SMILES string of the molecule is CC1(C)CC1C(=O)N/C(=C/CCCCCl)C(=O)O.N. The van der Waals surface area contributed by atoms with Gasteiger partial charge in [0.05, 0.1) is 0 Å². The summed E-state index contributed by atoms with van der Waals surface area (Å²) < 4.78 is 0. The quantitative estimate of drug-likeness (QED) is 0.381. The van der Waals surface area contributed by atoms with Gasteiger partial charge in [-0.05, 0) is 31.1 Å². The van der Waals surface area contributed by atoms with Crippen LogP contribution in [0.5, 0.6) is 0 Å². The molecule has 1 saturated carbocycles. The first-order valence-electron chi connectivity index (χ1n) is 6.19. The van der Waals surface area contributed by atoms with Gasteiger partial charge in [-0.3, -0.25) is 4.79 Å². The number of carboxylic acids is 1. The molecule has 0 spiro atoms. The van der Waals surface area contributed by atoms with Gasteiger partial charge in [-0.25, -0.2) is 4.79 Å². The summed E-state index contributed by atoms with van der Waals surface area (Å²) >= 11 is 5.54. The van der Waals surface area contributed by atoms with Crippen LogP contribution >= 0.6 is 11.6 Å². The number of hydrogen-bond acceptors (Lipinski definition) is 3. The summed E-state index contributed by atoms with van der Waals surface area (Å²) in [6.07, 6.45) is 4.66. The van der Waals surface area contributed by atoms with E-state index in [1.54, 1.807) is 6.08 Å². The third kappa shape index (κ3) is 5.61. The van der Waals surface area contributed by atoms with Crippen molar-refractivity contribution < 1.29 is 14.7 Å². The molecule has 5 N–H and O–H groups in total. The number of hydrogen-bond donors (Lipinski definition) is 3. The Morgan fingerprint density at radius 1 is 1.42 bits per heavy atom. The van der Waals surface area contributed by atoms with Crippen LogP contribution in [0.2, 0.25) is 0 Å². The molecule has 110 valence electrons. The zero-order chi connectivity index (χ0) is 13.8. The normalized spacial score (nSPS) is 20.4. The lowest BCUT2D eigenvalue weighted by atomic mass is 10.1. The average molecular weight is 291 g/mol. The van der Waals surface area contributed by atoms with E-state index in [9.17, 15) is 9.59 Å². The highest BCUT2D eigenvalue weighted by atomic mass is 35.5. The average Bonchev–Trinajstić information content (AvgIpc) is 2.92. The number of rotatable bonds is 7. The Labute approximate surface area is 119 Å². The minimum absolute atomic E-state index is 0. The summed E-state index contributed by atoms with van der Waals surface area (Å²) in [5.41, 5.74) is -0.0101. The Morgan fingerprint density at radius 2 is 2.00 bits per heavy atom. The Balaban J connectivity index is 0.00000324. The van der Waals surface area contributed by atoms with Crippen molar-refractivity contribution in [1.82, 2.24) is 11.5 Å². The summed E-state index contributed by atoms with van der Waals surface area (Å²) in [5.74, 6) is -0.777. The van der Waals surface area contributed by atoms with Crippen molar-refractivity contribution >= 4 is 23.5 Å². The third-order valence-electron chi connectivity index (χ3n) is 3.25. The molecule has 1 unspecified atom stereocenters. The number of allylic oxidation sites excluding steroid dienone is 1. The fraction of sp³-hybridized carbons (Fsp3) is 0.692. The molecule has 0 aliphatic heterocycles. The van der Waals surface area contributed by atoms with Crippen LogP contribution in [0, 0.1) is 11.3 Å². The number of carbonyl (C=O) groups excluding carboxylic acids is 1. The molecule has 1 amide bonds. The molecule has 0 heterocycles. The maximum absolute atomic E-state index is 11.8. The summed E-state index contributed by atoms with van der Waals surface area (Å²) in [6.45, 7) is 4.00. The van der Waals surface area contributed by atoms with Gasteiger partial charge in [0.2, 0.25) is 5.91 Å². The molecule has 1 rings (SSSR count). The number of halogens is 1. The van der Waals surface area contributed by atoms with Crippen LogP contribution in [0.3, 0.4) is 0 Å². The van der Waals surface area contributed by atoms with Gasteiger partial charge in [-0.2, -0.15) is 0 Å². The second kappa shape index (κ2) is 7.50. The van der Waals surface area contributed by atoms with Crippen LogP contribution in [0.4, 0.5) is 0 Å². The predicted molar refractivity (Wildman–Crippen MR) is 75.3 cm³/mol. The zero-order valence-electron chi connectivity index (χ0n) is 11.5. The summed E-state index contributed by atoms with van der Waals surface area (Å²) in [7, 11) is 0. The van der Waals surface area contributed by atoms with Gasteiger partial charge in [0.15, 0.2) is 0 Å². The summed E-state index contributed by atoms with van der Waals surface area (Å²) in [6, 6.07) is 0. The Bertz CT molecular complexity index is 367. The lowest BCUT2D eigenvalue weighted by Crippen LogP contribution is -2.29. The van der Waals surface area contributed by atoms with Crippen molar-refractivity contribution in [1.29, 1.82) is 0 Å². The first-order valence-corrected chi connectivity index (χ1v) is 6.72. The molecule has 19 heavy (non-hydrogen) atoms. The van der Waals surface area contributed by atoms with Crippen molar-refractivity contribution in [3.63, 3.8) is 0 Å². The number of alkyl halides is 1. The molecule has 0 saturated heterocycles. The van der Waals surface area contributed by atoms with Crippen LogP contribution in [0.25, 0.3) is 0 Å². The lowest BCUT2D eigenvalue weighted by Gasteiger charge is -2.07. The lowest BCUT2D eigenvalue weighted by molar-refractivity contribution is -0.135. The summed E-state index contributed by atoms with van der Waals surface area (Å²) in [4.78, 5) is 22.8. The second-order valence-electron chi connectivity index (χ2n) is 5.34. The first kappa shape index (κ1) is 17.9. The highest BCUT2D eigenvalue weighted by molar-refractivity contribution is 6.17. The number of unbranched alkanes of at least 4 members (excludes halogenated alkanes) is 2. The molecular formula is C13H23ClN2O3. The van der Waals surface area contributed by atoms with Gasteiger partial charge in [0, 0.05) is 11.8 Å². The molecule has 1 aliphatic carbocycles. The maximum atomic E-state index is 11.8. The first-order chi connectivity index (χ1) is 8.38. The van der Waals surface area contributed by atoms with Crippen molar-refractivity contribution in [3.8, 4) is 0 Å². The fourth-order valence-electron chi connectivity index (χ4n) is 1.81. The van der Waals surface area contributed by atoms with Gasteiger partial charge in [-0.1, -0.05) is 19.9 Å². The van der Waals surface area contributed by atoms with Gasteiger partial charge in [-0.15, -0.1) is 11.6 Å². The van der Waals surface area contributed by atoms with Crippen molar-refractivity contribution in [3.05, 3.63) is 11.8 Å². The van der Waals surface area contributed by atoms with E-state index in [0.29, 0.717) is 12.3 Å². The van der Waals surface area contributed by atoms with E-state index < -0.39 is 5.97 Å². The number of aliphatic carboxylic acids is 1. The van der Waals surface area contributed by atoms with Gasteiger partial charge in [0.1, 0.15) is 5.70 Å². The summed E-state index contributed by atoms with van der Waals surface area (Å²) in [5, 5.41) is 11.5. The highest BCUT2D eigenvalue weighted by Crippen LogP contribution is 2.51. The number of amides is 1. The highest BCUT2D eigenvalue weighted by Gasteiger charge is 2.50. The second-order valence-corrected chi connectivity index (χ2v) is 5.72. The monoisotopic (exact) mass is 290 g/mol. The minimum Gasteiger partial charge on any atom is -0.477 e. The Kier molecular flexibility index (Phi) is 7.08. The van der Waals surface area contributed by atoms with E-state index in [4.69, 9.17) is 16.7 Å². The topological polar surface area (TPSA) is 101 Å². The van der Waals surface area contributed by atoms with Crippen LogP contribution in [0.1, 0.15) is 39.5 Å². The molecule has 1 atom stereocenters. The standard InChI is InChI=1S/C13H20ClNO3.H3N/c1-13(2)8-9(13)11(16)15-10(12(17)18)6-4-3-5-7-14;/h6,9H,3-5,7-8H2,1-2H3,(H,15,16)(H,17,18);1H3/b10-6+;. The van der Waals surface area contributed by atoms with E-state index >= 15 is 0 Å². The molecular weight excluding hydrogens is 268 g/mol. The number of carbonyl (C=O) groups is 2. The molecule has 0 bridgehead atoms. The number of nitrogens with one attached hydrogen (secondary N) is 1. The largest absolute Gasteiger partial charge is 0.477 e. The molecule has 0 radical (unpaired) electrons. The smallest absolute Gasteiger partial charge is 0.352 e. The molecule has 1 aliphatic rings. The van der Waals surface area contributed by atoms with E-state index in [-0.39, 0.29) is 29.1 Å². The Morgan fingerprint density at radius 3 is 2.42 bits per heavy atom. The van der Waals surface area contributed by atoms with E-state index in [2.05, 4.69) is 5.32 Å². The van der Waals surface area contributed by atoms with Crippen LogP contribution < -0.4 is 11.5 Å². The molecule has 6 heteroatoms. The van der Waals surface area contributed by atoms with Crippen molar-refractivity contribution in [2.45, 2.75) is 39.5 Å². The fourth-order valence-corrected chi connectivity index (χ4v) is 2.00. The van der Waals surface area contributed by atoms with E-state index in [1.807, 2.05) is 13.8 Å². The zero-order valence-corrected chi connectivity index (χ0v) is 12.3. The molecule has 0 aromatic heterocycles.